The van der Waals surface area contributed by atoms with Crippen LogP contribution in [0.15, 0.2) is 12.3 Å². The predicted octanol–water partition coefficient (Wildman–Crippen LogP) is -0.0440. The highest BCUT2D eigenvalue weighted by atomic mass is 16.5. The first-order valence-corrected chi connectivity index (χ1v) is 1.73. The summed E-state index contributed by atoms with van der Waals surface area (Å²) < 4.78 is 4.14. The van der Waals surface area contributed by atoms with Crippen molar-refractivity contribution in [3.05, 3.63) is 12.3 Å². The molecule has 0 saturated heterocycles. The number of hydrogen-bond acceptors (Lipinski definition) is 2. The Morgan fingerprint density at radius 1 is 1.86 bits per heavy atom. The molecule has 0 bridgehead atoms. The van der Waals surface area contributed by atoms with Gasteiger partial charge in [0.05, 0.1) is 7.11 Å². The van der Waals surface area contributed by atoms with Crippen molar-refractivity contribution in [1.29, 1.82) is 0 Å². The molecule has 0 atom stereocenters. The predicted molar refractivity (Wildman–Crippen MR) is 24.3 cm³/mol. The summed E-state index contributed by atoms with van der Waals surface area (Å²) in [7, 11) is 1.27. The zero-order chi connectivity index (χ0) is 5.70. The summed E-state index contributed by atoms with van der Waals surface area (Å²) in [4.78, 5) is 9.98. The van der Waals surface area contributed by atoms with Gasteiger partial charge in [-0.3, -0.25) is 0 Å². The molecule has 0 fully saturated rings. The van der Waals surface area contributed by atoms with Crippen LogP contribution in [-0.4, -0.2) is 13.1 Å². The number of carbonyl (C=O) groups is 1. The van der Waals surface area contributed by atoms with Crippen LogP contribution in [0.25, 0.3) is 0 Å². The lowest BCUT2D eigenvalue weighted by atomic mass is 10.6. The lowest BCUT2D eigenvalue weighted by Gasteiger charge is -1.84. The quantitative estimate of drug-likeness (QED) is 0.343. The van der Waals surface area contributed by atoms with Crippen LogP contribution in [0.1, 0.15) is 0 Å². The summed E-state index contributed by atoms with van der Waals surface area (Å²) >= 11 is 0. The van der Waals surface area contributed by atoms with Crippen molar-refractivity contribution < 1.29 is 9.53 Å². The van der Waals surface area contributed by atoms with Gasteiger partial charge < -0.3 is 10.5 Å². The van der Waals surface area contributed by atoms with Crippen molar-refractivity contribution in [2.45, 2.75) is 0 Å². The van der Waals surface area contributed by atoms with E-state index in [-0.39, 0.29) is 0 Å². The second-order valence-electron chi connectivity index (χ2n) is 0.856. The second-order valence-corrected chi connectivity index (χ2v) is 0.856. The van der Waals surface area contributed by atoms with Crippen LogP contribution in [0.5, 0.6) is 0 Å². The number of carbonyl (C=O) groups excluding carboxylic acids is 1. The van der Waals surface area contributed by atoms with E-state index in [2.05, 4.69) is 4.74 Å². The number of esters is 1. The number of ether oxygens (including phenoxy) is 1. The summed E-state index contributed by atoms with van der Waals surface area (Å²) in [5, 5.41) is 0. The van der Waals surface area contributed by atoms with Gasteiger partial charge >= 0.3 is 5.97 Å². The third kappa shape index (κ3) is 2.82. The van der Waals surface area contributed by atoms with Crippen LogP contribution >= 0.6 is 0 Å². The minimum Gasteiger partial charge on any atom is -0.466 e. The van der Waals surface area contributed by atoms with Crippen LogP contribution in [0.4, 0.5) is 0 Å². The molecule has 3 nitrogen and oxygen atoms in total. The summed E-state index contributed by atoms with van der Waals surface area (Å²) in [6.45, 7) is 0. The van der Waals surface area contributed by atoms with Crippen LogP contribution in [-0.2, 0) is 9.53 Å². The molecule has 0 spiro atoms. The third-order valence-electron chi connectivity index (χ3n) is 0.421. The first-order valence-electron chi connectivity index (χ1n) is 1.73. The van der Waals surface area contributed by atoms with E-state index in [0.717, 1.165) is 12.3 Å². The largest absolute Gasteiger partial charge is 0.466 e. The topological polar surface area (TPSA) is 50.1 Å². The van der Waals surface area contributed by atoms with Crippen molar-refractivity contribution >= 4 is 5.97 Å². The molecule has 1 N–H and O–H groups in total. The van der Waals surface area contributed by atoms with E-state index in [0.29, 0.717) is 0 Å². The molecule has 0 unspecified atom stereocenters. The monoisotopic (exact) mass is 100 g/mol. The van der Waals surface area contributed by atoms with Gasteiger partial charge in [0.15, 0.2) is 0 Å². The van der Waals surface area contributed by atoms with E-state index in [1.807, 2.05) is 0 Å². The Labute approximate surface area is 41.8 Å². The maximum absolute atomic E-state index is 9.98. The maximum atomic E-state index is 9.98. The Morgan fingerprint density at radius 2 is 2.43 bits per heavy atom. The Morgan fingerprint density at radius 3 is 2.57 bits per heavy atom. The Hall–Kier alpha value is -0.990. The molecule has 0 aromatic heterocycles. The van der Waals surface area contributed by atoms with Crippen molar-refractivity contribution in [1.82, 2.24) is 5.73 Å². The Bertz CT molecular complexity index is 87.7. The first kappa shape index (κ1) is 6.01. The SMILES string of the molecule is COC(=O)C=C[NH]. The van der Waals surface area contributed by atoms with Gasteiger partial charge in [-0.15, -0.1) is 0 Å². The van der Waals surface area contributed by atoms with Crippen LogP contribution in [0.3, 0.4) is 0 Å². The van der Waals surface area contributed by atoms with Crippen molar-refractivity contribution in [3.63, 3.8) is 0 Å². The van der Waals surface area contributed by atoms with Crippen molar-refractivity contribution in [2.24, 2.45) is 0 Å². The lowest BCUT2D eigenvalue weighted by molar-refractivity contribution is -0.134. The van der Waals surface area contributed by atoms with Gasteiger partial charge in [0.25, 0.3) is 0 Å². The second kappa shape index (κ2) is 3.21. The van der Waals surface area contributed by atoms with Crippen molar-refractivity contribution in [3.8, 4) is 0 Å². The highest BCUT2D eigenvalue weighted by molar-refractivity contribution is 5.81. The molecule has 0 heterocycles. The molecule has 0 rings (SSSR count). The fourth-order valence-corrected chi connectivity index (χ4v) is 0.136. The summed E-state index contributed by atoms with van der Waals surface area (Å²) in [5.41, 5.74) is 6.36. The van der Waals surface area contributed by atoms with Crippen LogP contribution in [0.2, 0.25) is 0 Å². The van der Waals surface area contributed by atoms with Gasteiger partial charge in [-0.05, 0) is 0 Å². The molecule has 7 heavy (non-hydrogen) atoms. The van der Waals surface area contributed by atoms with Gasteiger partial charge in [0.1, 0.15) is 0 Å². The van der Waals surface area contributed by atoms with Gasteiger partial charge in [-0.1, -0.05) is 0 Å². The average Bonchev–Trinajstić information content (AvgIpc) is 1.68. The van der Waals surface area contributed by atoms with Crippen LogP contribution < -0.4 is 5.73 Å². The summed E-state index contributed by atoms with van der Waals surface area (Å²) in [6, 6.07) is 0. The molecular weight excluding hydrogens is 94.0 g/mol. The normalized spacial score (nSPS) is 9.29. The molecule has 0 saturated carbocycles. The van der Waals surface area contributed by atoms with Gasteiger partial charge in [-0.2, -0.15) is 0 Å². The van der Waals surface area contributed by atoms with E-state index < -0.39 is 5.97 Å². The Kier molecular flexibility index (Phi) is 2.76. The number of hydrogen-bond donors (Lipinski definition) is 0. The molecule has 0 aliphatic rings. The number of nitrogens with one attached hydrogen (secondary N) is 1. The van der Waals surface area contributed by atoms with Crippen LogP contribution in [0, 0.1) is 0 Å². The first-order chi connectivity index (χ1) is 3.31. The fraction of sp³-hybridized carbons (Fsp3) is 0.250. The van der Waals surface area contributed by atoms with E-state index in [4.69, 9.17) is 5.73 Å². The molecule has 0 aliphatic heterocycles. The smallest absolute Gasteiger partial charge is 0.332 e. The summed E-state index contributed by atoms with van der Waals surface area (Å²) in [5.74, 6) is -0.491. The van der Waals surface area contributed by atoms with Gasteiger partial charge in [-0.25, -0.2) is 4.79 Å². The standard InChI is InChI=1S/C4H6NO2/c1-7-4(6)2-3-5/h2-3,5H,1H3. The maximum Gasteiger partial charge on any atom is 0.332 e. The van der Waals surface area contributed by atoms with Crippen molar-refractivity contribution in [2.75, 3.05) is 7.11 Å². The molecule has 0 aromatic carbocycles. The van der Waals surface area contributed by atoms with Gasteiger partial charge in [0.2, 0.25) is 0 Å². The molecule has 0 aliphatic carbocycles. The summed E-state index contributed by atoms with van der Waals surface area (Å²) in [6.07, 6.45) is 1.91. The van der Waals surface area contributed by atoms with E-state index in [1.54, 1.807) is 0 Å². The number of methoxy groups -OCH3 is 1. The molecule has 39 valence electrons. The van der Waals surface area contributed by atoms with E-state index in [9.17, 15) is 4.79 Å². The molecule has 1 radical (unpaired) electrons. The zero-order valence-electron chi connectivity index (χ0n) is 3.97. The average molecular weight is 100 g/mol. The molecule has 0 aromatic rings. The molecule has 0 amide bonds. The fourth-order valence-electron chi connectivity index (χ4n) is 0.136. The van der Waals surface area contributed by atoms with Gasteiger partial charge in [0, 0.05) is 12.3 Å². The lowest BCUT2D eigenvalue weighted by Crippen LogP contribution is -1.92. The van der Waals surface area contributed by atoms with E-state index in [1.165, 1.54) is 7.11 Å². The highest BCUT2D eigenvalue weighted by Gasteiger charge is 1.85. The zero-order valence-corrected chi connectivity index (χ0v) is 3.97. The minimum atomic E-state index is -0.491. The Balaban J connectivity index is 3.37. The highest BCUT2D eigenvalue weighted by Crippen LogP contribution is 1.71. The molecule has 3 heteroatoms. The van der Waals surface area contributed by atoms with E-state index >= 15 is 0 Å². The molecular formula is C4H6NO2. The minimum absolute atomic E-state index is 0.491. The number of rotatable bonds is 1. The third-order valence-corrected chi connectivity index (χ3v) is 0.421.